The second kappa shape index (κ2) is 9.06. The Morgan fingerprint density at radius 2 is 1.85 bits per heavy atom. The molecule has 27 heavy (non-hydrogen) atoms. The van der Waals surface area contributed by atoms with Crippen molar-refractivity contribution in [3.63, 3.8) is 0 Å². The summed E-state index contributed by atoms with van der Waals surface area (Å²) in [4.78, 5) is 12.5. The van der Waals surface area contributed by atoms with E-state index in [9.17, 15) is 4.79 Å². The number of benzene rings is 2. The summed E-state index contributed by atoms with van der Waals surface area (Å²) < 4.78 is 12.2. The largest absolute Gasteiger partial charge is 0.493 e. The first-order chi connectivity index (χ1) is 13.0. The third kappa shape index (κ3) is 5.58. The van der Waals surface area contributed by atoms with Gasteiger partial charge in [0, 0.05) is 12.0 Å². The molecule has 0 saturated carbocycles. The molecule has 1 heterocycles. The quantitative estimate of drug-likeness (QED) is 0.418. The van der Waals surface area contributed by atoms with Crippen LogP contribution in [0, 0.1) is 13.8 Å². The predicted octanol–water partition coefficient (Wildman–Crippen LogP) is 4.64. The molecule has 0 aliphatic carbocycles. The van der Waals surface area contributed by atoms with Crippen LogP contribution in [0.15, 0.2) is 47.4 Å². The van der Waals surface area contributed by atoms with Gasteiger partial charge in [-0.25, -0.2) is 0 Å². The Morgan fingerprint density at radius 1 is 1.07 bits per heavy atom. The third-order valence-corrected chi connectivity index (χ3v) is 5.06. The van der Waals surface area contributed by atoms with Crippen molar-refractivity contribution in [3.05, 3.63) is 64.1 Å². The van der Waals surface area contributed by atoms with Gasteiger partial charge in [-0.2, -0.15) is 0 Å². The molecule has 6 heteroatoms. The van der Waals surface area contributed by atoms with Crippen molar-refractivity contribution < 1.29 is 14.3 Å². The van der Waals surface area contributed by atoms with Gasteiger partial charge >= 0.3 is 0 Å². The molecule has 140 valence electrons. The highest BCUT2D eigenvalue weighted by atomic mass is 32.2. The van der Waals surface area contributed by atoms with Crippen molar-refractivity contribution in [2.75, 3.05) is 13.2 Å². The van der Waals surface area contributed by atoms with Crippen LogP contribution in [0.25, 0.3) is 6.08 Å². The smallest absolute Gasteiger partial charge is 0.263 e. The molecule has 1 aliphatic rings. The summed E-state index contributed by atoms with van der Waals surface area (Å²) >= 11 is 6.31. The molecule has 1 amide bonds. The topological polar surface area (TPSA) is 47.6 Å². The average Bonchev–Trinajstić information content (AvgIpc) is 2.93. The van der Waals surface area contributed by atoms with Crippen LogP contribution in [0.3, 0.4) is 0 Å². The molecule has 3 rings (SSSR count). The van der Waals surface area contributed by atoms with Crippen molar-refractivity contribution in [3.8, 4) is 11.5 Å². The van der Waals surface area contributed by atoms with Gasteiger partial charge in [-0.05, 0) is 49.8 Å². The SMILES string of the molecule is Cc1cccc(OCCCOc2ccc(C)cc2/C=C2\SC(=S)NC2=O)c1. The van der Waals surface area contributed by atoms with Crippen LogP contribution >= 0.6 is 24.0 Å². The Balaban J connectivity index is 1.58. The molecule has 1 saturated heterocycles. The van der Waals surface area contributed by atoms with Gasteiger partial charge < -0.3 is 14.8 Å². The molecular formula is C21H21NO3S2. The number of hydrogen-bond donors (Lipinski definition) is 1. The zero-order valence-electron chi connectivity index (χ0n) is 15.3. The summed E-state index contributed by atoms with van der Waals surface area (Å²) in [6.45, 7) is 5.16. The lowest BCUT2D eigenvalue weighted by Crippen LogP contribution is -2.17. The molecule has 1 fully saturated rings. The van der Waals surface area contributed by atoms with Crippen molar-refractivity contribution in [1.29, 1.82) is 0 Å². The highest BCUT2D eigenvalue weighted by Gasteiger charge is 2.22. The number of thioether (sulfide) groups is 1. The Bertz CT molecular complexity index is 893. The number of carbonyl (C=O) groups excluding carboxylic acids is 1. The molecule has 0 aromatic heterocycles. The van der Waals surface area contributed by atoms with Gasteiger partial charge in [-0.1, -0.05) is 47.7 Å². The minimum atomic E-state index is -0.163. The van der Waals surface area contributed by atoms with Gasteiger partial charge in [0.2, 0.25) is 0 Å². The van der Waals surface area contributed by atoms with E-state index in [4.69, 9.17) is 21.7 Å². The fourth-order valence-corrected chi connectivity index (χ4v) is 3.65. The monoisotopic (exact) mass is 399 g/mol. The van der Waals surface area contributed by atoms with E-state index in [1.54, 1.807) is 0 Å². The lowest BCUT2D eigenvalue weighted by Gasteiger charge is -2.11. The number of ether oxygens (including phenoxy) is 2. The molecule has 2 aromatic rings. The van der Waals surface area contributed by atoms with E-state index in [0.717, 1.165) is 29.0 Å². The third-order valence-electron chi connectivity index (χ3n) is 3.90. The number of rotatable bonds is 7. The molecule has 0 atom stereocenters. The van der Waals surface area contributed by atoms with Crippen LogP contribution in [-0.4, -0.2) is 23.4 Å². The van der Waals surface area contributed by atoms with Crippen LogP contribution in [0.4, 0.5) is 0 Å². The Kier molecular flexibility index (Phi) is 6.53. The number of thiocarbonyl (C=S) groups is 1. The van der Waals surface area contributed by atoms with Gasteiger partial charge in [0.15, 0.2) is 0 Å². The summed E-state index contributed by atoms with van der Waals surface area (Å²) in [6.07, 6.45) is 2.59. The lowest BCUT2D eigenvalue weighted by molar-refractivity contribution is -0.115. The second-order valence-electron chi connectivity index (χ2n) is 6.26. The number of amides is 1. The molecule has 1 N–H and O–H groups in total. The molecule has 0 unspecified atom stereocenters. The Labute approximate surface area is 168 Å². The van der Waals surface area contributed by atoms with Crippen LogP contribution < -0.4 is 14.8 Å². The van der Waals surface area contributed by atoms with E-state index in [1.165, 1.54) is 17.3 Å². The van der Waals surface area contributed by atoms with Crippen molar-refractivity contribution in [2.24, 2.45) is 0 Å². The fraction of sp³-hybridized carbons (Fsp3) is 0.238. The molecule has 2 aromatic carbocycles. The standard InChI is InChI=1S/C21H21NO3S2/c1-14-5-3-6-17(12-14)24-9-4-10-25-18-8-7-15(2)11-16(18)13-19-20(23)22-21(26)27-19/h3,5-8,11-13H,4,9-10H2,1-2H3,(H,22,23,26)/b19-13-. The van der Waals surface area contributed by atoms with E-state index < -0.39 is 0 Å². The van der Waals surface area contributed by atoms with E-state index in [-0.39, 0.29) is 5.91 Å². The summed E-state index contributed by atoms with van der Waals surface area (Å²) in [7, 11) is 0. The maximum atomic E-state index is 11.9. The molecular weight excluding hydrogens is 378 g/mol. The maximum absolute atomic E-state index is 11.9. The molecule has 0 spiro atoms. The number of carbonyl (C=O) groups is 1. The molecule has 0 radical (unpaired) electrons. The summed E-state index contributed by atoms with van der Waals surface area (Å²) in [5.74, 6) is 1.45. The number of hydrogen-bond acceptors (Lipinski definition) is 5. The van der Waals surface area contributed by atoms with Crippen molar-refractivity contribution in [2.45, 2.75) is 20.3 Å². The lowest BCUT2D eigenvalue weighted by atomic mass is 10.1. The first-order valence-corrected chi connectivity index (χ1v) is 9.91. The normalized spacial score (nSPS) is 15.1. The number of aryl methyl sites for hydroxylation is 2. The van der Waals surface area contributed by atoms with E-state index in [2.05, 4.69) is 5.32 Å². The van der Waals surface area contributed by atoms with Gasteiger partial charge in [-0.3, -0.25) is 4.79 Å². The first-order valence-electron chi connectivity index (χ1n) is 8.69. The van der Waals surface area contributed by atoms with Crippen LogP contribution in [0.5, 0.6) is 11.5 Å². The predicted molar refractivity (Wildman–Crippen MR) is 114 cm³/mol. The zero-order chi connectivity index (χ0) is 19.2. The Morgan fingerprint density at radius 3 is 2.59 bits per heavy atom. The molecule has 4 nitrogen and oxygen atoms in total. The highest BCUT2D eigenvalue weighted by molar-refractivity contribution is 8.26. The van der Waals surface area contributed by atoms with Crippen molar-refractivity contribution >= 4 is 40.3 Å². The van der Waals surface area contributed by atoms with Crippen molar-refractivity contribution in [1.82, 2.24) is 5.32 Å². The summed E-state index contributed by atoms with van der Waals surface area (Å²) in [5, 5.41) is 2.63. The van der Waals surface area contributed by atoms with Gasteiger partial charge in [0.1, 0.15) is 15.8 Å². The zero-order valence-corrected chi connectivity index (χ0v) is 16.9. The van der Waals surface area contributed by atoms with E-state index >= 15 is 0 Å². The average molecular weight is 400 g/mol. The van der Waals surface area contributed by atoms with Gasteiger partial charge in [0.25, 0.3) is 5.91 Å². The van der Waals surface area contributed by atoms with E-state index in [0.29, 0.717) is 22.4 Å². The Hall–Kier alpha value is -2.31. The fourth-order valence-electron chi connectivity index (χ4n) is 2.61. The highest BCUT2D eigenvalue weighted by Crippen LogP contribution is 2.30. The first kappa shape index (κ1) is 19.5. The van der Waals surface area contributed by atoms with Gasteiger partial charge in [0.05, 0.1) is 18.1 Å². The van der Waals surface area contributed by atoms with Crippen LogP contribution in [-0.2, 0) is 4.79 Å². The summed E-state index contributed by atoms with van der Waals surface area (Å²) in [5.41, 5.74) is 3.15. The molecule has 1 aliphatic heterocycles. The minimum Gasteiger partial charge on any atom is -0.493 e. The minimum absolute atomic E-state index is 0.163. The van der Waals surface area contributed by atoms with Gasteiger partial charge in [-0.15, -0.1) is 0 Å². The van der Waals surface area contributed by atoms with Crippen LogP contribution in [0.2, 0.25) is 0 Å². The number of nitrogens with one attached hydrogen (secondary N) is 1. The van der Waals surface area contributed by atoms with E-state index in [1.807, 2.05) is 62.4 Å². The van der Waals surface area contributed by atoms with Crippen LogP contribution in [0.1, 0.15) is 23.1 Å². The maximum Gasteiger partial charge on any atom is 0.263 e. The molecule has 0 bridgehead atoms. The summed E-state index contributed by atoms with van der Waals surface area (Å²) in [6, 6.07) is 13.9. The second-order valence-corrected chi connectivity index (χ2v) is 7.98.